The highest BCUT2D eigenvalue weighted by molar-refractivity contribution is 5.28. The van der Waals surface area contributed by atoms with Gasteiger partial charge in [0.15, 0.2) is 0 Å². The number of rotatable bonds is 3. The summed E-state index contributed by atoms with van der Waals surface area (Å²) in [5.74, 6) is 0.855. The van der Waals surface area contributed by atoms with Gasteiger partial charge < -0.3 is 0 Å². The Morgan fingerprint density at radius 1 is 1.00 bits per heavy atom. The second-order valence-corrected chi connectivity index (χ2v) is 6.71. The van der Waals surface area contributed by atoms with Crippen molar-refractivity contribution in [2.24, 2.45) is 11.3 Å². The highest BCUT2D eigenvalue weighted by Gasteiger charge is 2.61. The Balaban J connectivity index is 1.62. The number of piperidine rings is 1. The van der Waals surface area contributed by atoms with Crippen LogP contribution in [0.1, 0.15) is 30.5 Å². The molecule has 0 radical (unpaired) electrons. The highest BCUT2D eigenvalue weighted by atomic mass is 15.2. The minimum atomic E-state index is 0.565. The largest absolute Gasteiger partial charge is 0.291 e. The van der Waals surface area contributed by atoms with E-state index in [-0.39, 0.29) is 0 Å². The summed E-state index contributed by atoms with van der Waals surface area (Å²) in [7, 11) is 0. The molecule has 1 saturated carbocycles. The number of benzene rings is 2. The molecule has 0 amide bonds. The third-order valence-electron chi connectivity index (χ3n) is 5.13. The lowest BCUT2D eigenvalue weighted by molar-refractivity contribution is 0.205. The van der Waals surface area contributed by atoms with Gasteiger partial charge in [0.25, 0.3) is 0 Å². The smallest absolute Gasteiger partial charge is 0.0385 e. The van der Waals surface area contributed by atoms with Gasteiger partial charge in [0, 0.05) is 19.1 Å². The maximum atomic E-state index is 2.68. The molecule has 0 unspecified atom stereocenters. The molecule has 0 bridgehead atoms. The zero-order chi connectivity index (χ0) is 13.6. The van der Waals surface area contributed by atoms with Crippen LogP contribution >= 0.6 is 0 Å². The average molecular weight is 263 g/mol. The molecule has 3 atom stereocenters. The number of fused-ring (bicyclic) bond motifs is 1. The van der Waals surface area contributed by atoms with E-state index in [0.717, 1.165) is 12.5 Å². The Hall–Kier alpha value is -1.60. The predicted octanol–water partition coefficient (Wildman–Crippen LogP) is 4.27. The zero-order valence-corrected chi connectivity index (χ0v) is 12.0. The van der Waals surface area contributed by atoms with Gasteiger partial charge in [0.1, 0.15) is 0 Å². The minimum Gasteiger partial charge on any atom is -0.291 e. The van der Waals surface area contributed by atoms with E-state index in [1.807, 2.05) is 0 Å². The molecule has 1 heterocycles. The summed E-state index contributed by atoms with van der Waals surface area (Å²) in [5, 5.41) is 0. The summed E-state index contributed by atoms with van der Waals surface area (Å²) in [6.45, 7) is 4.78. The third-order valence-corrected chi connectivity index (χ3v) is 5.13. The lowest BCUT2D eigenvalue weighted by Crippen LogP contribution is -2.27. The van der Waals surface area contributed by atoms with Crippen LogP contribution in [0.15, 0.2) is 60.7 Å². The van der Waals surface area contributed by atoms with Crippen molar-refractivity contribution in [3.8, 4) is 0 Å². The van der Waals surface area contributed by atoms with Gasteiger partial charge in [0.05, 0.1) is 0 Å². The minimum absolute atomic E-state index is 0.565. The van der Waals surface area contributed by atoms with E-state index in [2.05, 4.69) is 72.5 Å². The Kier molecular flexibility index (Phi) is 2.71. The lowest BCUT2D eigenvalue weighted by Gasteiger charge is -2.28. The van der Waals surface area contributed by atoms with E-state index in [4.69, 9.17) is 0 Å². The van der Waals surface area contributed by atoms with E-state index >= 15 is 0 Å². The van der Waals surface area contributed by atoms with Gasteiger partial charge in [0.2, 0.25) is 0 Å². The summed E-state index contributed by atoms with van der Waals surface area (Å²) in [6, 6.07) is 22.6. The van der Waals surface area contributed by atoms with E-state index in [1.54, 1.807) is 0 Å². The summed E-state index contributed by atoms with van der Waals surface area (Å²) >= 11 is 0. The molecule has 1 aliphatic heterocycles. The number of likely N-dealkylation sites (tertiary alicyclic amines) is 1. The van der Waals surface area contributed by atoms with Gasteiger partial charge in [-0.2, -0.15) is 0 Å². The SMILES string of the molecule is C[C@@]12C[C@@H]1[C@H](c1ccccc1)N(Cc1ccccc1)C2. The van der Waals surface area contributed by atoms with Crippen LogP contribution in [0.5, 0.6) is 0 Å². The first-order valence-corrected chi connectivity index (χ1v) is 7.59. The number of hydrogen-bond acceptors (Lipinski definition) is 1. The second-order valence-electron chi connectivity index (χ2n) is 6.71. The Bertz CT molecular complexity index is 592. The molecule has 2 fully saturated rings. The van der Waals surface area contributed by atoms with Gasteiger partial charge >= 0.3 is 0 Å². The van der Waals surface area contributed by atoms with E-state index in [1.165, 1.54) is 24.1 Å². The van der Waals surface area contributed by atoms with Gasteiger partial charge in [-0.1, -0.05) is 67.6 Å². The average Bonchev–Trinajstić information content (AvgIpc) is 3.04. The topological polar surface area (TPSA) is 3.24 Å². The maximum Gasteiger partial charge on any atom is 0.0385 e. The van der Waals surface area contributed by atoms with Gasteiger partial charge in [-0.25, -0.2) is 0 Å². The van der Waals surface area contributed by atoms with Crippen molar-refractivity contribution < 1.29 is 0 Å². The molecule has 102 valence electrons. The van der Waals surface area contributed by atoms with Crippen LogP contribution < -0.4 is 0 Å². The fourth-order valence-electron chi connectivity index (χ4n) is 4.00. The van der Waals surface area contributed by atoms with Crippen LogP contribution in [-0.4, -0.2) is 11.4 Å². The first kappa shape index (κ1) is 12.2. The van der Waals surface area contributed by atoms with E-state index in [0.29, 0.717) is 11.5 Å². The first-order chi connectivity index (χ1) is 9.76. The van der Waals surface area contributed by atoms with Crippen molar-refractivity contribution in [1.29, 1.82) is 0 Å². The summed E-state index contributed by atoms with van der Waals surface area (Å²) in [6.07, 6.45) is 1.40. The van der Waals surface area contributed by atoms with Crippen molar-refractivity contribution in [1.82, 2.24) is 4.90 Å². The zero-order valence-electron chi connectivity index (χ0n) is 12.0. The van der Waals surface area contributed by atoms with Gasteiger partial charge in [-0.05, 0) is 28.9 Å². The molecular formula is C19H21N. The summed E-state index contributed by atoms with van der Waals surface area (Å²) in [4.78, 5) is 2.68. The molecule has 2 aliphatic rings. The van der Waals surface area contributed by atoms with Gasteiger partial charge in [-0.15, -0.1) is 0 Å². The molecule has 4 rings (SSSR count). The second kappa shape index (κ2) is 4.46. The van der Waals surface area contributed by atoms with Crippen LogP contribution in [0, 0.1) is 11.3 Å². The standard InChI is InChI=1S/C19H21N/c1-19-12-17(19)18(16-10-6-3-7-11-16)20(14-19)13-15-8-4-2-5-9-15/h2-11,17-18H,12-14H2,1H3/t17-,18+,19+/m1/s1. The fraction of sp³-hybridized carbons (Fsp3) is 0.368. The molecular weight excluding hydrogens is 242 g/mol. The molecule has 2 aromatic rings. The summed E-state index contributed by atoms with van der Waals surface area (Å²) < 4.78 is 0. The normalized spacial score (nSPS) is 32.0. The molecule has 1 saturated heterocycles. The van der Waals surface area contributed by atoms with Crippen LogP contribution in [0.2, 0.25) is 0 Å². The quantitative estimate of drug-likeness (QED) is 0.799. The van der Waals surface area contributed by atoms with E-state index < -0.39 is 0 Å². The Labute approximate surface area is 121 Å². The van der Waals surface area contributed by atoms with Crippen LogP contribution in [0.4, 0.5) is 0 Å². The van der Waals surface area contributed by atoms with Crippen LogP contribution in [0.25, 0.3) is 0 Å². The van der Waals surface area contributed by atoms with Crippen molar-refractivity contribution >= 4 is 0 Å². The highest BCUT2D eigenvalue weighted by Crippen LogP contribution is 2.65. The molecule has 1 aliphatic carbocycles. The fourth-order valence-corrected chi connectivity index (χ4v) is 4.00. The maximum absolute atomic E-state index is 2.68. The van der Waals surface area contributed by atoms with Crippen molar-refractivity contribution in [3.63, 3.8) is 0 Å². The Morgan fingerprint density at radius 3 is 2.35 bits per heavy atom. The third kappa shape index (κ3) is 1.97. The van der Waals surface area contributed by atoms with Crippen molar-refractivity contribution in [2.75, 3.05) is 6.54 Å². The van der Waals surface area contributed by atoms with Crippen LogP contribution in [-0.2, 0) is 6.54 Å². The Morgan fingerprint density at radius 2 is 1.65 bits per heavy atom. The van der Waals surface area contributed by atoms with E-state index in [9.17, 15) is 0 Å². The molecule has 1 nitrogen and oxygen atoms in total. The first-order valence-electron chi connectivity index (χ1n) is 7.59. The molecule has 1 heteroatoms. The van der Waals surface area contributed by atoms with Crippen molar-refractivity contribution in [2.45, 2.75) is 25.9 Å². The van der Waals surface area contributed by atoms with Crippen molar-refractivity contribution in [3.05, 3.63) is 71.8 Å². The number of nitrogens with zero attached hydrogens (tertiary/aromatic N) is 1. The predicted molar refractivity (Wildman–Crippen MR) is 82.2 cm³/mol. The number of hydrogen-bond donors (Lipinski definition) is 0. The molecule has 0 N–H and O–H groups in total. The molecule has 20 heavy (non-hydrogen) atoms. The summed E-state index contributed by atoms with van der Waals surface area (Å²) in [5.41, 5.74) is 3.49. The molecule has 0 spiro atoms. The lowest BCUT2D eigenvalue weighted by atomic mass is 10.0. The van der Waals surface area contributed by atoms with Crippen LogP contribution in [0.3, 0.4) is 0 Å². The molecule has 2 aromatic carbocycles. The van der Waals surface area contributed by atoms with Gasteiger partial charge in [-0.3, -0.25) is 4.90 Å². The monoisotopic (exact) mass is 263 g/mol. The molecule has 0 aromatic heterocycles.